The molecule has 0 aliphatic carbocycles. The molecular weight excluding hydrogens is 289 g/mol. The van der Waals surface area contributed by atoms with E-state index in [2.05, 4.69) is 15.9 Å². The molecule has 1 aromatic rings. The lowest BCUT2D eigenvalue weighted by atomic mass is 10.2. The summed E-state index contributed by atoms with van der Waals surface area (Å²) in [5.74, 6) is 0. The predicted molar refractivity (Wildman–Crippen MR) is 44.7 cm³/mol. The summed E-state index contributed by atoms with van der Waals surface area (Å²) < 4.78 is 60.4. The van der Waals surface area contributed by atoms with Gasteiger partial charge in [-0.1, -0.05) is 0 Å². The average molecular weight is 292 g/mol. The van der Waals surface area contributed by atoms with Crippen LogP contribution >= 0.6 is 15.9 Å². The van der Waals surface area contributed by atoms with Crippen molar-refractivity contribution in [1.29, 1.82) is 0 Å². The zero-order valence-electron chi connectivity index (χ0n) is 6.83. The van der Waals surface area contributed by atoms with Crippen molar-refractivity contribution < 1.29 is 22.0 Å². The third-order valence-corrected chi connectivity index (χ3v) is 2.22. The van der Waals surface area contributed by atoms with Gasteiger partial charge < -0.3 is 4.98 Å². The van der Waals surface area contributed by atoms with Crippen LogP contribution in [0, 0.1) is 0 Å². The second-order valence-corrected chi connectivity index (χ2v) is 3.37. The first-order valence-corrected chi connectivity index (χ1v) is 4.31. The molecule has 0 unspecified atom stereocenters. The first-order chi connectivity index (χ1) is 6.73. The Hall–Kier alpha value is -0.920. The van der Waals surface area contributed by atoms with Crippen molar-refractivity contribution in [1.82, 2.24) is 4.98 Å². The second kappa shape index (κ2) is 3.92. The monoisotopic (exact) mass is 291 g/mol. The van der Waals surface area contributed by atoms with E-state index in [-0.39, 0.29) is 6.07 Å². The number of hydrogen-bond acceptors (Lipinski definition) is 1. The van der Waals surface area contributed by atoms with E-state index in [0.29, 0.717) is 0 Å². The number of aromatic amines is 1. The molecule has 0 aliphatic heterocycles. The third kappa shape index (κ3) is 2.55. The molecule has 0 amide bonds. The van der Waals surface area contributed by atoms with E-state index in [1.807, 2.05) is 0 Å². The fraction of sp³-hybridized carbons (Fsp3) is 0.286. The molecular formula is C7H3BrF5NO. The van der Waals surface area contributed by atoms with Crippen LogP contribution in [0.15, 0.2) is 15.5 Å². The van der Waals surface area contributed by atoms with Gasteiger partial charge in [0.2, 0.25) is 0 Å². The maximum atomic E-state index is 12.2. The standard InChI is InChI=1S/C7H3BrF5NO/c8-4-2(5(9)10)1-3(6(15)14-4)7(11,12)13/h1,5H,(H,14,15). The lowest BCUT2D eigenvalue weighted by Gasteiger charge is -2.08. The number of rotatable bonds is 1. The number of alkyl halides is 5. The second-order valence-electron chi connectivity index (χ2n) is 2.58. The van der Waals surface area contributed by atoms with Gasteiger partial charge in [-0.15, -0.1) is 0 Å². The molecule has 8 heteroatoms. The van der Waals surface area contributed by atoms with Gasteiger partial charge in [-0.25, -0.2) is 8.78 Å². The Balaban J connectivity index is 3.44. The minimum atomic E-state index is -4.95. The molecule has 84 valence electrons. The van der Waals surface area contributed by atoms with Crippen molar-refractivity contribution in [2.24, 2.45) is 0 Å². The molecule has 1 N–H and O–H groups in total. The van der Waals surface area contributed by atoms with Crippen LogP contribution in [0.4, 0.5) is 22.0 Å². The summed E-state index contributed by atoms with van der Waals surface area (Å²) in [6.07, 6.45) is -8.05. The SMILES string of the molecule is O=c1[nH]c(Br)c(C(F)F)cc1C(F)(F)F. The Morgan fingerprint density at radius 3 is 2.27 bits per heavy atom. The normalized spacial score (nSPS) is 12.2. The van der Waals surface area contributed by atoms with Crippen LogP contribution in [-0.2, 0) is 6.18 Å². The van der Waals surface area contributed by atoms with Gasteiger partial charge >= 0.3 is 6.18 Å². The molecule has 0 spiro atoms. The number of aromatic nitrogens is 1. The van der Waals surface area contributed by atoms with Crippen LogP contribution in [-0.4, -0.2) is 4.98 Å². The van der Waals surface area contributed by atoms with Gasteiger partial charge in [0.25, 0.3) is 12.0 Å². The van der Waals surface area contributed by atoms with Crippen molar-refractivity contribution in [3.63, 3.8) is 0 Å². The van der Waals surface area contributed by atoms with E-state index in [1.165, 1.54) is 0 Å². The maximum Gasteiger partial charge on any atom is 0.421 e. The van der Waals surface area contributed by atoms with E-state index in [1.54, 1.807) is 4.98 Å². The molecule has 0 bridgehead atoms. The highest BCUT2D eigenvalue weighted by molar-refractivity contribution is 9.10. The Labute approximate surface area is 88.2 Å². The van der Waals surface area contributed by atoms with Crippen molar-refractivity contribution >= 4 is 15.9 Å². The van der Waals surface area contributed by atoms with Crippen molar-refractivity contribution in [2.45, 2.75) is 12.6 Å². The lowest BCUT2D eigenvalue weighted by molar-refractivity contribution is -0.138. The van der Waals surface area contributed by atoms with Crippen LogP contribution in [0.25, 0.3) is 0 Å². The number of hydrogen-bond donors (Lipinski definition) is 1. The zero-order valence-corrected chi connectivity index (χ0v) is 8.42. The minimum absolute atomic E-state index is 0.133. The lowest BCUT2D eigenvalue weighted by Crippen LogP contribution is -2.22. The Morgan fingerprint density at radius 1 is 1.33 bits per heavy atom. The predicted octanol–water partition coefficient (Wildman–Crippen LogP) is 3.09. The first-order valence-electron chi connectivity index (χ1n) is 3.51. The molecule has 1 heterocycles. The molecule has 0 radical (unpaired) electrons. The van der Waals surface area contributed by atoms with Gasteiger partial charge in [-0.3, -0.25) is 4.79 Å². The van der Waals surface area contributed by atoms with Gasteiger partial charge in [0, 0.05) is 5.56 Å². The highest BCUT2D eigenvalue weighted by atomic mass is 79.9. The molecule has 1 rings (SSSR count). The van der Waals surface area contributed by atoms with Crippen molar-refractivity contribution in [3.8, 4) is 0 Å². The molecule has 0 saturated heterocycles. The molecule has 0 saturated carbocycles. The Bertz CT molecular complexity index is 424. The summed E-state index contributed by atoms with van der Waals surface area (Å²) in [5.41, 5.74) is -4.00. The molecule has 2 nitrogen and oxygen atoms in total. The van der Waals surface area contributed by atoms with E-state index < -0.39 is 33.9 Å². The average Bonchev–Trinajstić information content (AvgIpc) is 2.00. The fourth-order valence-corrected chi connectivity index (χ4v) is 1.36. The van der Waals surface area contributed by atoms with E-state index in [9.17, 15) is 26.7 Å². The largest absolute Gasteiger partial charge is 0.421 e. The Morgan fingerprint density at radius 2 is 1.87 bits per heavy atom. The van der Waals surface area contributed by atoms with E-state index in [4.69, 9.17) is 0 Å². The highest BCUT2D eigenvalue weighted by Crippen LogP contribution is 2.31. The van der Waals surface area contributed by atoms with Crippen LogP contribution in [0.1, 0.15) is 17.6 Å². The van der Waals surface area contributed by atoms with E-state index >= 15 is 0 Å². The highest BCUT2D eigenvalue weighted by Gasteiger charge is 2.35. The summed E-state index contributed by atoms with van der Waals surface area (Å²) >= 11 is 2.55. The molecule has 0 aliphatic rings. The quantitative estimate of drug-likeness (QED) is 0.626. The van der Waals surface area contributed by atoms with Crippen molar-refractivity contribution in [3.05, 3.63) is 32.2 Å². The molecule has 0 fully saturated rings. The summed E-state index contributed by atoms with van der Waals surface area (Å²) in [6.45, 7) is 0. The van der Waals surface area contributed by atoms with Crippen LogP contribution in [0.2, 0.25) is 0 Å². The molecule has 1 aromatic heterocycles. The van der Waals surface area contributed by atoms with Crippen molar-refractivity contribution in [2.75, 3.05) is 0 Å². The number of halogens is 6. The summed E-state index contributed by atoms with van der Waals surface area (Å²) in [5, 5.41) is 0. The summed E-state index contributed by atoms with van der Waals surface area (Å²) in [4.78, 5) is 12.5. The topological polar surface area (TPSA) is 32.9 Å². The number of nitrogens with one attached hydrogen (secondary N) is 1. The van der Waals surface area contributed by atoms with Crippen LogP contribution in [0.5, 0.6) is 0 Å². The van der Waals surface area contributed by atoms with Gasteiger partial charge in [0.1, 0.15) is 5.56 Å². The summed E-state index contributed by atoms with van der Waals surface area (Å²) in [6, 6.07) is 0.133. The van der Waals surface area contributed by atoms with E-state index in [0.717, 1.165) is 0 Å². The smallest absolute Gasteiger partial charge is 0.316 e. The molecule has 15 heavy (non-hydrogen) atoms. The van der Waals surface area contributed by atoms with Gasteiger partial charge in [-0.2, -0.15) is 13.2 Å². The zero-order chi connectivity index (χ0) is 11.8. The number of H-pyrrole nitrogens is 1. The Kier molecular flexibility index (Phi) is 3.17. The maximum absolute atomic E-state index is 12.2. The third-order valence-electron chi connectivity index (χ3n) is 1.56. The van der Waals surface area contributed by atoms with Gasteiger partial charge in [0.15, 0.2) is 0 Å². The molecule has 0 aromatic carbocycles. The van der Waals surface area contributed by atoms with Gasteiger partial charge in [0.05, 0.1) is 4.60 Å². The number of pyridine rings is 1. The molecule has 0 atom stereocenters. The first kappa shape index (κ1) is 12.2. The fourth-order valence-electron chi connectivity index (χ4n) is 0.893. The van der Waals surface area contributed by atoms with Gasteiger partial charge in [-0.05, 0) is 22.0 Å². The minimum Gasteiger partial charge on any atom is -0.316 e. The van der Waals surface area contributed by atoms with Crippen LogP contribution in [0.3, 0.4) is 0 Å². The summed E-state index contributed by atoms with van der Waals surface area (Å²) in [7, 11) is 0. The van der Waals surface area contributed by atoms with Crippen LogP contribution < -0.4 is 5.56 Å².